The van der Waals surface area contributed by atoms with Crippen molar-refractivity contribution in [3.05, 3.63) is 76.6 Å². The summed E-state index contributed by atoms with van der Waals surface area (Å²) in [7, 11) is 0. The van der Waals surface area contributed by atoms with Gasteiger partial charge >= 0.3 is 5.97 Å². The molecule has 0 amide bonds. The number of piperidine rings is 1. The number of pyridine rings is 1. The van der Waals surface area contributed by atoms with Crippen molar-refractivity contribution >= 4 is 17.1 Å². The summed E-state index contributed by atoms with van der Waals surface area (Å²) in [5, 5.41) is 18.4. The maximum absolute atomic E-state index is 14.3. The number of ether oxygens (including phenoxy) is 2. The molecule has 0 aliphatic carbocycles. The number of aromatic nitrogens is 4. The second-order valence-electron chi connectivity index (χ2n) is 10.7. The van der Waals surface area contributed by atoms with Crippen LogP contribution >= 0.6 is 0 Å². The zero-order chi connectivity index (χ0) is 29.3. The molecule has 214 valence electrons. The van der Waals surface area contributed by atoms with Gasteiger partial charge in [-0.2, -0.15) is 5.26 Å². The maximum atomic E-state index is 14.3. The predicted octanol–water partition coefficient (Wildman–Crippen LogP) is 4.00. The fourth-order valence-corrected chi connectivity index (χ4v) is 5.54. The summed E-state index contributed by atoms with van der Waals surface area (Å²) in [4.78, 5) is 26.1. The number of nitriles is 1. The van der Waals surface area contributed by atoms with Gasteiger partial charge in [0.25, 0.3) is 0 Å². The number of benzene rings is 1. The largest absolute Gasteiger partial charge is 0.477 e. The van der Waals surface area contributed by atoms with E-state index < -0.39 is 17.2 Å². The number of hydrogen-bond acceptors (Lipinski definition) is 7. The Kier molecular flexibility index (Phi) is 7.38. The number of nitrogens with one attached hydrogen (secondary N) is 1. The molecule has 2 fully saturated rings. The van der Waals surface area contributed by atoms with Crippen molar-refractivity contribution in [1.82, 2.24) is 24.4 Å². The zero-order valence-corrected chi connectivity index (χ0v) is 22.8. The summed E-state index contributed by atoms with van der Waals surface area (Å²) in [6.07, 6.45) is 8.51. The van der Waals surface area contributed by atoms with Crippen molar-refractivity contribution in [3.63, 3.8) is 0 Å². The van der Waals surface area contributed by atoms with Gasteiger partial charge in [-0.25, -0.2) is 19.2 Å². The predicted molar refractivity (Wildman–Crippen MR) is 150 cm³/mol. The van der Waals surface area contributed by atoms with E-state index in [0.29, 0.717) is 56.1 Å². The Morgan fingerprint density at radius 1 is 1.26 bits per heavy atom. The fraction of sp³-hybridized carbons (Fsp3) is 0.355. The van der Waals surface area contributed by atoms with Crippen LogP contribution < -0.4 is 4.74 Å². The van der Waals surface area contributed by atoms with E-state index >= 15 is 0 Å². The van der Waals surface area contributed by atoms with Crippen molar-refractivity contribution < 1.29 is 23.8 Å². The number of terminal acetylenes is 1. The average Bonchev–Trinajstić information content (AvgIpc) is 3.53. The van der Waals surface area contributed by atoms with E-state index in [4.69, 9.17) is 31.1 Å². The van der Waals surface area contributed by atoms with Crippen LogP contribution in [0, 0.1) is 29.5 Å². The summed E-state index contributed by atoms with van der Waals surface area (Å²) < 4.78 is 27.8. The molecule has 10 nitrogen and oxygen atoms in total. The lowest BCUT2D eigenvalue weighted by atomic mass is 9.76. The van der Waals surface area contributed by atoms with Crippen LogP contribution in [0.3, 0.4) is 0 Å². The van der Waals surface area contributed by atoms with Gasteiger partial charge in [0, 0.05) is 31.3 Å². The quantitative estimate of drug-likeness (QED) is 0.290. The van der Waals surface area contributed by atoms with E-state index in [1.54, 1.807) is 18.2 Å². The minimum atomic E-state index is -1.02. The fourth-order valence-electron chi connectivity index (χ4n) is 5.54. The number of likely N-dealkylation sites (tertiary alicyclic amines) is 1. The normalized spacial score (nSPS) is 18.2. The average molecular weight is 569 g/mol. The molecule has 0 saturated carbocycles. The number of fused-ring (bicyclic) bond motifs is 1. The highest BCUT2D eigenvalue weighted by molar-refractivity contribution is 5.91. The van der Waals surface area contributed by atoms with E-state index in [-0.39, 0.29) is 24.0 Å². The van der Waals surface area contributed by atoms with Gasteiger partial charge in [0.1, 0.15) is 23.9 Å². The summed E-state index contributed by atoms with van der Waals surface area (Å²) in [5.41, 5.74) is 2.17. The molecule has 2 aliphatic heterocycles. The molecule has 5 heterocycles. The molecule has 1 atom stereocenters. The Hall–Kier alpha value is -4.71. The number of carboxylic acid groups (broad SMARTS) is 1. The topological polar surface area (TPSA) is 129 Å². The van der Waals surface area contributed by atoms with E-state index in [2.05, 4.69) is 20.4 Å². The second-order valence-corrected chi connectivity index (χ2v) is 10.7. The van der Waals surface area contributed by atoms with Crippen molar-refractivity contribution in [1.29, 1.82) is 5.26 Å². The number of imidazole rings is 1. The molecule has 0 bridgehead atoms. The molecular formula is C31H29FN6O4. The van der Waals surface area contributed by atoms with Gasteiger partial charge in [-0.1, -0.05) is 18.1 Å². The highest BCUT2D eigenvalue weighted by Gasteiger charge is 2.37. The van der Waals surface area contributed by atoms with Crippen LogP contribution in [0.15, 0.2) is 42.5 Å². The van der Waals surface area contributed by atoms with Gasteiger partial charge in [0.2, 0.25) is 5.88 Å². The summed E-state index contributed by atoms with van der Waals surface area (Å²) >= 11 is 0. The Balaban J connectivity index is 1.14. The Morgan fingerprint density at radius 2 is 2.07 bits per heavy atom. The SMILES string of the molecule is C#CC1(c2cccc(OCc3ccc(C#N)cc3F)n2)CCN(Cc2nc3[nH]c(C(=O)O)cc3n2C[C@@H]2CCO2)CC1. The number of H-pyrrole nitrogens is 1. The monoisotopic (exact) mass is 568 g/mol. The molecule has 2 saturated heterocycles. The first-order valence-corrected chi connectivity index (χ1v) is 13.8. The molecule has 6 rings (SSSR count). The van der Waals surface area contributed by atoms with Gasteiger partial charge in [0.15, 0.2) is 5.65 Å². The van der Waals surface area contributed by atoms with Crippen LogP contribution in [0.4, 0.5) is 4.39 Å². The molecule has 42 heavy (non-hydrogen) atoms. The van der Waals surface area contributed by atoms with Crippen molar-refractivity contribution in [2.24, 2.45) is 0 Å². The second kappa shape index (κ2) is 11.3. The van der Waals surface area contributed by atoms with Crippen LogP contribution in [-0.2, 0) is 29.8 Å². The summed E-state index contributed by atoms with van der Waals surface area (Å²) in [6.45, 7) is 3.35. The van der Waals surface area contributed by atoms with Crippen molar-refractivity contribution in [2.45, 2.75) is 50.5 Å². The Bertz CT molecular complexity index is 1720. The molecule has 11 heteroatoms. The minimum Gasteiger partial charge on any atom is -0.477 e. The molecule has 1 aromatic carbocycles. The number of carboxylic acids is 1. The maximum Gasteiger partial charge on any atom is 0.352 e. The molecular weight excluding hydrogens is 539 g/mol. The molecule has 0 radical (unpaired) electrons. The third kappa shape index (κ3) is 5.32. The summed E-state index contributed by atoms with van der Waals surface area (Å²) in [6, 6.07) is 13.3. The smallest absolute Gasteiger partial charge is 0.352 e. The lowest BCUT2D eigenvalue weighted by Gasteiger charge is -2.38. The van der Waals surface area contributed by atoms with Gasteiger partial charge in [-0.15, -0.1) is 6.42 Å². The number of hydrogen-bond donors (Lipinski definition) is 2. The number of aromatic carboxylic acids is 1. The minimum absolute atomic E-state index is 0.0225. The van der Waals surface area contributed by atoms with Crippen molar-refractivity contribution in [2.75, 3.05) is 19.7 Å². The van der Waals surface area contributed by atoms with Gasteiger partial charge in [-0.05, 0) is 43.5 Å². The third-order valence-corrected chi connectivity index (χ3v) is 8.15. The van der Waals surface area contributed by atoms with Crippen LogP contribution in [0.1, 0.15) is 52.4 Å². The van der Waals surface area contributed by atoms with Crippen LogP contribution in [0.5, 0.6) is 5.88 Å². The molecule has 0 unspecified atom stereocenters. The molecule has 3 aromatic heterocycles. The van der Waals surface area contributed by atoms with Gasteiger partial charge < -0.3 is 24.1 Å². The van der Waals surface area contributed by atoms with Crippen LogP contribution in [-0.4, -0.2) is 61.3 Å². The molecule has 2 N–H and O–H groups in total. The first-order chi connectivity index (χ1) is 20.4. The highest BCUT2D eigenvalue weighted by atomic mass is 19.1. The number of aromatic amines is 1. The lowest BCUT2D eigenvalue weighted by Crippen LogP contribution is -2.42. The van der Waals surface area contributed by atoms with Gasteiger partial charge in [-0.3, -0.25) is 4.90 Å². The number of carbonyl (C=O) groups is 1. The van der Waals surface area contributed by atoms with Crippen LogP contribution in [0.2, 0.25) is 0 Å². The van der Waals surface area contributed by atoms with E-state index in [1.165, 1.54) is 12.1 Å². The van der Waals surface area contributed by atoms with Crippen molar-refractivity contribution in [3.8, 4) is 24.3 Å². The first kappa shape index (κ1) is 27.5. The van der Waals surface area contributed by atoms with E-state index in [1.807, 2.05) is 18.2 Å². The van der Waals surface area contributed by atoms with Gasteiger partial charge in [0.05, 0.1) is 47.5 Å². The number of rotatable bonds is 9. The number of halogens is 1. The molecule has 0 spiro atoms. The standard InChI is InChI=1S/C31H29FN6O4/c1-2-31(26-4-3-5-28(35-26)42-19-21-7-6-20(16-33)14-23(21)32)9-11-37(12-10-31)18-27-36-29-25(15-24(34-29)30(39)40)38(27)17-22-8-13-41-22/h1,3-7,14-15,22,34H,8-13,17-19H2,(H,39,40)/t22-/m0/s1. The molecule has 4 aromatic rings. The Morgan fingerprint density at radius 3 is 2.74 bits per heavy atom. The Labute approximate surface area is 241 Å². The number of nitrogens with zero attached hydrogens (tertiary/aromatic N) is 5. The summed E-state index contributed by atoms with van der Waals surface area (Å²) in [5.74, 6) is 2.67. The van der Waals surface area contributed by atoms with Crippen LogP contribution in [0.25, 0.3) is 11.2 Å². The van der Waals surface area contributed by atoms with E-state index in [0.717, 1.165) is 30.1 Å². The third-order valence-electron chi connectivity index (χ3n) is 8.15. The highest BCUT2D eigenvalue weighted by Crippen LogP contribution is 2.35. The van der Waals surface area contributed by atoms with E-state index in [9.17, 15) is 14.3 Å². The first-order valence-electron chi connectivity index (χ1n) is 13.8. The zero-order valence-electron chi connectivity index (χ0n) is 22.8. The molecule has 2 aliphatic rings. The lowest BCUT2D eigenvalue weighted by molar-refractivity contribution is -0.0592.